The molecule has 3 aromatic carbocycles. The topological polar surface area (TPSA) is 42.3 Å². The lowest BCUT2D eigenvalue weighted by Gasteiger charge is -2.28. The van der Waals surface area contributed by atoms with Gasteiger partial charge in [0.05, 0.1) is 6.61 Å². The van der Waals surface area contributed by atoms with Crippen molar-refractivity contribution in [1.82, 2.24) is 0 Å². The van der Waals surface area contributed by atoms with Crippen molar-refractivity contribution < 1.29 is 27.0 Å². The molecule has 1 N–H and O–H groups in total. The molecule has 0 saturated carbocycles. The minimum absolute atomic E-state index is 0.0979. The van der Waals surface area contributed by atoms with Crippen LogP contribution in [0.5, 0.6) is 17.2 Å². The summed E-state index contributed by atoms with van der Waals surface area (Å²) in [4.78, 5) is 0. The lowest BCUT2D eigenvalue weighted by Crippen LogP contribution is -2.19. The van der Waals surface area contributed by atoms with E-state index in [1.54, 1.807) is 18.2 Å². The quantitative estimate of drug-likeness (QED) is 0.148. The van der Waals surface area contributed by atoms with Gasteiger partial charge in [-0.05, 0) is 41.0 Å². The Morgan fingerprint density at radius 1 is 0.811 bits per heavy atom. The van der Waals surface area contributed by atoms with Gasteiger partial charge in [0.25, 0.3) is 0 Å². The molecule has 0 aromatic heterocycles. The highest BCUT2D eigenvalue weighted by molar-refractivity contribution is 5.83. The zero-order valence-corrected chi connectivity index (χ0v) is 22.3. The van der Waals surface area contributed by atoms with Crippen molar-refractivity contribution in [2.45, 2.75) is 65.7 Å². The van der Waals surface area contributed by atoms with E-state index in [-0.39, 0.29) is 23.2 Å². The van der Waals surface area contributed by atoms with E-state index in [0.717, 1.165) is 18.1 Å². The normalized spacial score (nSPS) is 12.0. The second kappa shape index (κ2) is 10.6. The fourth-order valence-electron chi connectivity index (χ4n) is 3.91. The molecule has 3 aromatic rings. The molecule has 0 radical (unpaired) electrons. The van der Waals surface area contributed by atoms with Crippen LogP contribution in [0.2, 0.25) is 0 Å². The van der Waals surface area contributed by atoms with Gasteiger partial charge in [0.15, 0.2) is 17.5 Å². The molecule has 198 valence electrons. The SMILES string of the molecule is Cc1c(F)c(F)c(F)c(Oc2ccccc2CCOc2c(C=N)cc(C(C)(C)C)cc2C(C)(C)C)c1F. The molecule has 3 rings (SSSR count). The molecule has 0 saturated heterocycles. The molecular formula is C30H33F4NO2. The predicted octanol–water partition coefficient (Wildman–Crippen LogP) is 8.56. The molecule has 0 aliphatic heterocycles. The van der Waals surface area contributed by atoms with Crippen molar-refractivity contribution in [3.63, 3.8) is 0 Å². The summed E-state index contributed by atoms with van der Waals surface area (Å²) in [6.45, 7) is 13.8. The number of benzene rings is 3. The van der Waals surface area contributed by atoms with Crippen molar-refractivity contribution in [3.8, 4) is 17.2 Å². The molecule has 0 fully saturated rings. The molecule has 0 atom stereocenters. The van der Waals surface area contributed by atoms with E-state index in [0.29, 0.717) is 23.3 Å². The van der Waals surface area contributed by atoms with Crippen molar-refractivity contribution in [2.75, 3.05) is 6.61 Å². The van der Waals surface area contributed by atoms with Gasteiger partial charge < -0.3 is 14.9 Å². The molecule has 0 amide bonds. The number of nitrogens with one attached hydrogen (secondary N) is 1. The lowest BCUT2D eigenvalue weighted by molar-refractivity contribution is 0.309. The van der Waals surface area contributed by atoms with Gasteiger partial charge in [0, 0.05) is 29.3 Å². The first-order valence-corrected chi connectivity index (χ1v) is 12.1. The fraction of sp³-hybridized carbons (Fsp3) is 0.367. The summed E-state index contributed by atoms with van der Waals surface area (Å²) < 4.78 is 68.1. The Morgan fingerprint density at radius 2 is 1.46 bits per heavy atom. The summed E-state index contributed by atoms with van der Waals surface area (Å²) in [6, 6.07) is 10.6. The first kappa shape index (κ1) is 28.2. The third-order valence-corrected chi connectivity index (χ3v) is 6.19. The molecule has 0 bridgehead atoms. The summed E-state index contributed by atoms with van der Waals surface area (Å²) in [5, 5.41) is 7.98. The molecule has 0 spiro atoms. The largest absolute Gasteiger partial charge is 0.492 e. The highest BCUT2D eigenvalue weighted by Gasteiger charge is 2.27. The number of ether oxygens (including phenoxy) is 2. The first-order chi connectivity index (χ1) is 17.2. The number of para-hydroxylation sites is 1. The second-order valence-corrected chi connectivity index (χ2v) is 11.1. The van der Waals surface area contributed by atoms with Crippen LogP contribution in [0.25, 0.3) is 0 Å². The van der Waals surface area contributed by atoms with Gasteiger partial charge in [-0.3, -0.25) is 0 Å². The molecule has 0 aliphatic carbocycles. The van der Waals surface area contributed by atoms with Crippen LogP contribution in [0.4, 0.5) is 17.6 Å². The number of hydrogen-bond acceptors (Lipinski definition) is 3. The molecule has 0 heterocycles. The lowest BCUT2D eigenvalue weighted by atomic mass is 9.79. The standard InChI is InChI=1S/C30H33F4NO2/c1-17-23(31)25(33)26(34)28(24(17)32)37-22-11-9-8-10-18(22)12-13-36-27-19(16-35)14-20(29(2,3)4)15-21(27)30(5,6)7/h8-11,14-16,35H,12-13H2,1-7H3. The highest BCUT2D eigenvalue weighted by Crippen LogP contribution is 2.39. The van der Waals surface area contributed by atoms with Gasteiger partial charge in [-0.15, -0.1) is 0 Å². The predicted molar refractivity (Wildman–Crippen MR) is 138 cm³/mol. The summed E-state index contributed by atoms with van der Waals surface area (Å²) in [5.74, 6) is -6.70. The number of rotatable bonds is 7. The molecule has 3 nitrogen and oxygen atoms in total. The van der Waals surface area contributed by atoms with Crippen LogP contribution in [-0.4, -0.2) is 12.8 Å². The monoisotopic (exact) mass is 515 g/mol. The van der Waals surface area contributed by atoms with Crippen LogP contribution < -0.4 is 9.47 Å². The maximum atomic E-state index is 14.5. The van der Waals surface area contributed by atoms with E-state index >= 15 is 0 Å². The molecule has 37 heavy (non-hydrogen) atoms. The highest BCUT2D eigenvalue weighted by atomic mass is 19.2. The Kier molecular flexibility index (Phi) is 8.06. The number of hydrogen-bond donors (Lipinski definition) is 1. The Labute approximate surface area is 215 Å². The van der Waals surface area contributed by atoms with Crippen molar-refractivity contribution in [3.05, 3.63) is 87.5 Å². The van der Waals surface area contributed by atoms with Crippen LogP contribution in [0.1, 0.15) is 69.4 Å². The van der Waals surface area contributed by atoms with Gasteiger partial charge in [0.1, 0.15) is 11.5 Å². The van der Waals surface area contributed by atoms with Gasteiger partial charge >= 0.3 is 0 Å². The molecule has 0 unspecified atom stereocenters. The number of halogens is 4. The molecular weight excluding hydrogens is 482 g/mol. The summed E-state index contributed by atoms with van der Waals surface area (Å²) in [5.41, 5.74) is 2.23. The minimum atomic E-state index is -1.79. The maximum Gasteiger partial charge on any atom is 0.207 e. The van der Waals surface area contributed by atoms with Gasteiger partial charge in [0.2, 0.25) is 11.6 Å². The fourth-order valence-corrected chi connectivity index (χ4v) is 3.91. The molecule has 0 aliphatic rings. The van der Waals surface area contributed by atoms with E-state index in [1.807, 2.05) is 6.07 Å². The maximum absolute atomic E-state index is 14.5. The summed E-state index contributed by atoms with van der Waals surface area (Å²) >= 11 is 0. The van der Waals surface area contributed by atoms with Crippen LogP contribution >= 0.6 is 0 Å². The first-order valence-electron chi connectivity index (χ1n) is 12.1. The van der Waals surface area contributed by atoms with Crippen LogP contribution in [0.3, 0.4) is 0 Å². The minimum Gasteiger partial charge on any atom is -0.492 e. The Morgan fingerprint density at radius 3 is 2.05 bits per heavy atom. The van der Waals surface area contributed by atoms with Crippen LogP contribution in [0.15, 0.2) is 36.4 Å². The van der Waals surface area contributed by atoms with E-state index < -0.39 is 34.6 Å². The van der Waals surface area contributed by atoms with Crippen molar-refractivity contribution in [1.29, 1.82) is 5.41 Å². The zero-order valence-electron chi connectivity index (χ0n) is 22.3. The van der Waals surface area contributed by atoms with E-state index in [9.17, 15) is 17.6 Å². The Bertz CT molecular complexity index is 1290. The zero-order chi connectivity index (χ0) is 27.7. The Balaban J connectivity index is 1.91. The smallest absolute Gasteiger partial charge is 0.207 e. The third-order valence-electron chi connectivity index (χ3n) is 6.19. The van der Waals surface area contributed by atoms with E-state index in [2.05, 4.69) is 47.6 Å². The van der Waals surface area contributed by atoms with Gasteiger partial charge in [-0.2, -0.15) is 4.39 Å². The summed E-state index contributed by atoms with van der Waals surface area (Å²) in [7, 11) is 0. The van der Waals surface area contributed by atoms with Gasteiger partial charge in [-0.1, -0.05) is 65.8 Å². The van der Waals surface area contributed by atoms with Crippen molar-refractivity contribution >= 4 is 6.21 Å². The average molecular weight is 516 g/mol. The summed E-state index contributed by atoms with van der Waals surface area (Å²) in [6.07, 6.45) is 1.57. The van der Waals surface area contributed by atoms with E-state index in [4.69, 9.17) is 14.9 Å². The van der Waals surface area contributed by atoms with Crippen LogP contribution in [0, 0.1) is 35.6 Å². The second-order valence-electron chi connectivity index (χ2n) is 11.1. The van der Waals surface area contributed by atoms with Crippen LogP contribution in [-0.2, 0) is 17.3 Å². The average Bonchev–Trinajstić information content (AvgIpc) is 2.83. The van der Waals surface area contributed by atoms with Gasteiger partial charge in [-0.25, -0.2) is 13.2 Å². The molecule has 7 heteroatoms. The Hall–Kier alpha value is -3.35. The van der Waals surface area contributed by atoms with Crippen molar-refractivity contribution in [2.24, 2.45) is 0 Å². The third kappa shape index (κ3) is 5.97. The van der Waals surface area contributed by atoms with E-state index in [1.165, 1.54) is 12.3 Å².